The van der Waals surface area contributed by atoms with Crippen molar-refractivity contribution in [3.05, 3.63) is 39.7 Å². The van der Waals surface area contributed by atoms with Crippen LogP contribution in [0.5, 0.6) is 0 Å². The van der Waals surface area contributed by atoms with E-state index in [1.54, 1.807) is 0 Å². The maximum Gasteiger partial charge on any atom is 0.305 e. The van der Waals surface area contributed by atoms with Crippen molar-refractivity contribution < 1.29 is 14.4 Å². The monoisotopic (exact) mass is 296 g/mol. The lowest BCUT2D eigenvalue weighted by molar-refractivity contribution is -0.387. The fraction of sp³-hybridized carbons (Fsp3) is 0.600. The van der Waals surface area contributed by atoms with Crippen LogP contribution >= 0.6 is 0 Å². The van der Waals surface area contributed by atoms with E-state index in [2.05, 4.69) is 18.7 Å². The standard InChI is InChI=1S/C15H21FN2O3/c1-10-5-11(2)8-17(7-10)9-15(19)12-3-4-13(16)14(6-12)18(20)21/h3-4,6,10-11,15,19H,5,7-9H2,1-2H3. The highest BCUT2D eigenvalue weighted by Crippen LogP contribution is 2.26. The molecule has 3 unspecified atom stereocenters. The summed E-state index contributed by atoms with van der Waals surface area (Å²) >= 11 is 0. The van der Waals surface area contributed by atoms with Crippen molar-refractivity contribution in [2.75, 3.05) is 19.6 Å². The summed E-state index contributed by atoms with van der Waals surface area (Å²) in [6, 6.07) is 3.57. The van der Waals surface area contributed by atoms with Crippen LogP contribution in [0.3, 0.4) is 0 Å². The largest absolute Gasteiger partial charge is 0.387 e. The van der Waals surface area contributed by atoms with Crippen molar-refractivity contribution in [2.24, 2.45) is 11.8 Å². The van der Waals surface area contributed by atoms with Gasteiger partial charge in [0, 0.05) is 25.7 Å². The highest BCUT2D eigenvalue weighted by atomic mass is 19.1. The number of aliphatic hydroxyl groups is 1. The van der Waals surface area contributed by atoms with Gasteiger partial charge in [-0.3, -0.25) is 15.0 Å². The first-order chi connectivity index (χ1) is 9.86. The van der Waals surface area contributed by atoms with Gasteiger partial charge in [-0.1, -0.05) is 19.9 Å². The van der Waals surface area contributed by atoms with Crippen LogP contribution in [0, 0.1) is 27.8 Å². The Labute approximate surface area is 123 Å². The molecule has 1 N–H and O–H groups in total. The van der Waals surface area contributed by atoms with Crippen molar-refractivity contribution in [3.63, 3.8) is 0 Å². The Morgan fingerprint density at radius 2 is 2.05 bits per heavy atom. The molecule has 1 aromatic carbocycles. The number of likely N-dealkylation sites (tertiary alicyclic amines) is 1. The minimum atomic E-state index is -0.879. The van der Waals surface area contributed by atoms with Crippen LogP contribution in [-0.2, 0) is 0 Å². The molecule has 0 radical (unpaired) electrons. The number of β-amino-alcohol motifs (C(OH)–C–C–N with tert-alkyl or cyclic N) is 1. The number of aliphatic hydroxyl groups excluding tert-OH is 1. The molecule has 1 fully saturated rings. The maximum atomic E-state index is 13.3. The van der Waals surface area contributed by atoms with E-state index in [0.717, 1.165) is 25.2 Å². The number of nitro groups is 1. The average molecular weight is 296 g/mol. The molecule has 0 amide bonds. The number of nitrogens with zero attached hydrogens (tertiary/aromatic N) is 2. The second kappa shape index (κ2) is 6.49. The lowest BCUT2D eigenvalue weighted by Gasteiger charge is -2.36. The Morgan fingerprint density at radius 3 is 2.62 bits per heavy atom. The Kier molecular flexibility index (Phi) is 4.90. The van der Waals surface area contributed by atoms with E-state index < -0.39 is 22.5 Å². The molecule has 0 aromatic heterocycles. The first kappa shape index (κ1) is 15.9. The minimum absolute atomic E-state index is 0.383. The van der Waals surface area contributed by atoms with Crippen LogP contribution in [0.15, 0.2) is 18.2 Å². The third-order valence-corrected chi connectivity index (χ3v) is 3.93. The fourth-order valence-electron chi connectivity index (χ4n) is 3.17. The second-order valence-corrected chi connectivity index (χ2v) is 6.15. The summed E-state index contributed by atoms with van der Waals surface area (Å²) in [7, 11) is 0. The molecule has 1 aliphatic rings. The van der Waals surface area contributed by atoms with Crippen LogP contribution < -0.4 is 0 Å². The van der Waals surface area contributed by atoms with Gasteiger partial charge < -0.3 is 5.11 Å². The van der Waals surface area contributed by atoms with Crippen molar-refractivity contribution in [2.45, 2.75) is 26.4 Å². The Morgan fingerprint density at radius 1 is 1.43 bits per heavy atom. The van der Waals surface area contributed by atoms with E-state index in [1.807, 2.05) is 0 Å². The van der Waals surface area contributed by atoms with E-state index in [9.17, 15) is 19.6 Å². The molecule has 1 aliphatic heterocycles. The predicted octanol–water partition coefficient (Wildman–Crippen LogP) is 2.75. The number of rotatable bonds is 4. The van der Waals surface area contributed by atoms with Gasteiger partial charge in [0.2, 0.25) is 5.82 Å². The molecule has 1 heterocycles. The van der Waals surface area contributed by atoms with E-state index in [-0.39, 0.29) is 0 Å². The second-order valence-electron chi connectivity index (χ2n) is 6.15. The van der Waals surface area contributed by atoms with Crippen LogP contribution in [-0.4, -0.2) is 34.6 Å². The minimum Gasteiger partial charge on any atom is -0.387 e. The first-order valence-corrected chi connectivity index (χ1v) is 7.21. The van der Waals surface area contributed by atoms with Crippen LogP contribution in [0.1, 0.15) is 31.9 Å². The Bertz CT molecular complexity index is 514. The number of halogens is 1. The van der Waals surface area contributed by atoms with Gasteiger partial charge in [-0.15, -0.1) is 0 Å². The van der Waals surface area contributed by atoms with Gasteiger partial charge in [0.25, 0.3) is 0 Å². The van der Waals surface area contributed by atoms with Gasteiger partial charge in [0.1, 0.15) is 0 Å². The average Bonchev–Trinajstić information content (AvgIpc) is 2.37. The van der Waals surface area contributed by atoms with Crippen LogP contribution in [0.2, 0.25) is 0 Å². The highest BCUT2D eigenvalue weighted by molar-refractivity contribution is 5.37. The first-order valence-electron chi connectivity index (χ1n) is 7.21. The van der Waals surface area contributed by atoms with Gasteiger partial charge in [-0.05, 0) is 29.9 Å². The molecule has 5 nitrogen and oxygen atoms in total. The predicted molar refractivity (Wildman–Crippen MR) is 77.4 cm³/mol. The zero-order chi connectivity index (χ0) is 15.6. The molecule has 3 atom stereocenters. The molecule has 0 saturated carbocycles. The van der Waals surface area contributed by atoms with Crippen LogP contribution in [0.4, 0.5) is 10.1 Å². The Balaban J connectivity index is 2.08. The highest BCUT2D eigenvalue weighted by Gasteiger charge is 2.25. The Hall–Kier alpha value is -1.53. The van der Waals surface area contributed by atoms with Crippen molar-refractivity contribution in [3.8, 4) is 0 Å². The van der Waals surface area contributed by atoms with Crippen molar-refractivity contribution >= 4 is 5.69 Å². The summed E-state index contributed by atoms with van der Waals surface area (Å²) in [6.45, 7) is 6.59. The molecule has 6 heteroatoms. The number of piperidine rings is 1. The summed E-state index contributed by atoms with van der Waals surface area (Å²) in [5, 5.41) is 21.0. The van der Waals surface area contributed by atoms with Gasteiger partial charge >= 0.3 is 5.69 Å². The van der Waals surface area contributed by atoms with Crippen LogP contribution in [0.25, 0.3) is 0 Å². The van der Waals surface area contributed by atoms with Gasteiger partial charge in [-0.25, -0.2) is 0 Å². The third kappa shape index (κ3) is 3.98. The van der Waals surface area contributed by atoms with Crippen molar-refractivity contribution in [1.82, 2.24) is 4.90 Å². The van der Waals surface area contributed by atoms with Crippen molar-refractivity contribution in [1.29, 1.82) is 0 Å². The number of hydrogen-bond donors (Lipinski definition) is 1. The molecular weight excluding hydrogens is 275 g/mol. The van der Waals surface area contributed by atoms with E-state index in [0.29, 0.717) is 23.9 Å². The summed E-state index contributed by atoms with van der Waals surface area (Å²) < 4.78 is 13.3. The SMILES string of the molecule is CC1CC(C)CN(CC(O)c2ccc(F)c([N+](=O)[O-])c2)C1. The maximum absolute atomic E-state index is 13.3. The van der Waals surface area contributed by atoms with Gasteiger partial charge in [0.15, 0.2) is 0 Å². The molecule has 0 aliphatic carbocycles. The summed E-state index contributed by atoms with van der Waals surface area (Å²) in [5.41, 5.74) is -0.207. The molecule has 1 saturated heterocycles. The number of nitro benzene ring substituents is 1. The molecule has 0 spiro atoms. The molecular formula is C15H21FN2O3. The quantitative estimate of drug-likeness (QED) is 0.685. The summed E-state index contributed by atoms with van der Waals surface area (Å²) in [5.74, 6) is 0.267. The topological polar surface area (TPSA) is 66.6 Å². The lowest BCUT2D eigenvalue weighted by atomic mass is 9.91. The summed E-state index contributed by atoms with van der Waals surface area (Å²) in [6.07, 6.45) is 0.330. The molecule has 116 valence electrons. The van der Waals surface area contributed by atoms with E-state index in [4.69, 9.17) is 0 Å². The number of benzene rings is 1. The number of hydrogen-bond acceptors (Lipinski definition) is 4. The third-order valence-electron chi connectivity index (χ3n) is 3.93. The zero-order valence-electron chi connectivity index (χ0n) is 12.3. The van der Waals surface area contributed by atoms with Gasteiger partial charge in [0.05, 0.1) is 11.0 Å². The normalized spacial score (nSPS) is 24.8. The van der Waals surface area contributed by atoms with E-state index >= 15 is 0 Å². The molecule has 2 rings (SSSR count). The molecule has 1 aromatic rings. The summed E-state index contributed by atoms with van der Waals surface area (Å²) in [4.78, 5) is 12.1. The molecule has 21 heavy (non-hydrogen) atoms. The lowest BCUT2D eigenvalue weighted by Crippen LogP contribution is -2.40. The molecule has 0 bridgehead atoms. The zero-order valence-corrected chi connectivity index (χ0v) is 12.3. The van der Waals surface area contributed by atoms with E-state index in [1.165, 1.54) is 12.5 Å². The van der Waals surface area contributed by atoms with Gasteiger partial charge in [-0.2, -0.15) is 4.39 Å². The smallest absolute Gasteiger partial charge is 0.305 e. The fourth-order valence-corrected chi connectivity index (χ4v) is 3.17.